The fourth-order valence-corrected chi connectivity index (χ4v) is 0.801. The fourth-order valence-electron chi connectivity index (χ4n) is 0.801. The summed E-state index contributed by atoms with van der Waals surface area (Å²) in [5, 5.41) is 0. The van der Waals surface area contributed by atoms with Gasteiger partial charge in [0.25, 0.3) is 0 Å². The first-order chi connectivity index (χ1) is 4.35. The van der Waals surface area contributed by atoms with Crippen LogP contribution in [0.2, 0.25) is 0 Å². The van der Waals surface area contributed by atoms with Gasteiger partial charge in [-0.1, -0.05) is 0 Å². The normalized spacial score (nSPS) is 46.6. The molecule has 4 heteroatoms. The first kappa shape index (κ1) is 5.37. The quantitative estimate of drug-likeness (QED) is 0.374. The third-order valence-corrected chi connectivity index (χ3v) is 1.28. The second-order valence-corrected chi connectivity index (χ2v) is 1.83. The highest BCUT2D eigenvalue weighted by Crippen LogP contribution is 2.33. The molecule has 2 aliphatic heterocycles. The van der Waals surface area contributed by atoms with Crippen molar-refractivity contribution in [2.45, 2.75) is 12.3 Å². The zero-order valence-electron chi connectivity index (χ0n) is 4.87. The van der Waals surface area contributed by atoms with Crippen LogP contribution in [0.5, 0.6) is 0 Å². The van der Waals surface area contributed by atoms with E-state index in [1.807, 2.05) is 0 Å². The molecular formula is C5H6O4. The topological polar surface area (TPSA) is 36.9 Å². The van der Waals surface area contributed by atoms with E-state index in [0.29, 0.717) is 0 Å². The van der Waals surface area contributed by atoms with E-state index in [1.54, 1.807) is 12.2 Å². The van der Waals surface area contributed by atoms with Crippen molar-refractivity contribution in [1.82, 2.24) is 0 Å². The van der Waals surface area contributed by atoms with Gasteiger partial charge in [0, 0.05) is 13.2 Å². The highest BCUT2D eigenvalue weighted by molar-refractivity contribution is 5.01. The minimum absolute atomic E-state index is 0.384. The summed E-state index contributed by atoms with van der Waals surface area (Å²) in [4.78, 5) is 9.27. The van der Waals surface area contributed by atoms with Gasteiger partial charge >= 0.3 is 5.97 Å². The van der Waals surface area contributed by atoms with E-state index in [-0.39, 0.29) is 6.29 Å². The summed E-state index contributed by atoms with van der Waals surface area (Å²) in [5.74, 6) is -1.05. The Balaban J connectivity index is 2.23. The van der Waals surface area contributed by atoms with E-state index in [2.05, 4.69) is 9.78 Å². The van der Waals surface area contributed by atoms with Gasteiger partial charge in [-0.2, -0.15) is 9.78 Å². The standard InChI is InChI=1S/C5H6O4/c1-6-5-3-2-4(7-5)8-9-5/h2-4H,1H3. The molecular weight excluding hydrogens is 124 g/mol. The van der Waals surface area contributed by atoms with E-state index < -0.39 is 5.97 Å². The number of hydrogen-bond acceptors (Lipinski definition) is 4. The molecule has 0 aromatic heterocycles. The van der Waals surface area contributed by atoms with Crippen LogP contribution >= 0.6 is 0 Å². The van der Waals surface area contributed by atoms with Gasteiger partial charge in [-0.25, -0.2) is 0 Å². The van der Waals surface area contributed by atoms with Gasteiger partial charge < -0.3 is 4.74 Å². The molecule has 0 aliphatic carbocycles. The molecule has 4 nitrogen and oxygen atoms in total. The number of methoxy groups -OCH3 is 1. The number of ether oxygens (including phenoxy) is 2. The van der Waals surface area contributed by atoms with E-state index >= 15 is 0 Å². The SMILES string of the molecule is COC12C=CC(OO1)O2. The summed E-state index contributed by atoms with van der Waals surface area (Å²) >= 11 is 0. The van der Waals surface area contributed by atoms with Gasteiger partial charge in [-0.3, -0.25) is 4.74 Å². The lowest BCUT2D eigenvalue weighted by Crippen LogP contribution is -2.27. The molecule has 0 spiro atoms. The highest BCUT2D eigenvalue weighted by Gasteiger charge is 2.46. The number of fused-ring (bicyclic) bond motifs is 2. The maximum Gasteiger partial charge on any atom is 0.335 e. The van der Waals surface area contributed by atoms with Crippen LogP contribution in [0.3, 0.4) is 0 Å². The number of rotatable bonds is 1. The van der Waals surface area contributed by atoms with Gasteiger partial charge in [0.1, 0.15) is 0 Å². The molecule has 2 heterocycles. The van der Waals surface area contributed by atoms with Crippen molar-refractivity contribution in [3.05, 3.63) is 12.2 Å². The molecule has 2 rings (SSSR count). The maximum absolute atomic E-state index is 5.03. The lowest BCUT2D eigenvalue weighted by Gasteiger charge is -2.14. The number of hydrogen-bond donors (Lipinski definition) is 0. The summed E-state index contributed by atoms with van der Waals surface area (Å²) < 4.78 is 9.86. The van der Waals surface area contributed by atoms with E-state index in [0.717, 1.165) is 0 Å². The molecule has 0 aromatic rings. The summed E-state index contributed by atoms with van der Waals surface area (Å²) in [7, 11) is 1.49. The molecule has 0 N–H and O–H groups in total. The van der Waals surface area contributed by atoms with Crippen molar-refractivity contribution in [2.75, 3.05) is 7.11 Å². The Bertz CT molecular complexity index is 155. The van der Waals surface area contributed by atoms with Gasteiger partial charge in [-0.05, 0) is 6.08 Å². The van der Waals surface area contributed by atoms with Crippen molar-refractivity contribution >= 4 is 0 Å². The van der Waals surface area contributed by atoms with Crippen molar-refractivity contribution in [3.63, 3.8) is 0 Å². The maximum atomic E-state index is 5.03. The molecule has 1 saturated heterocycles. The zero-order chi connectivity index (χ0) is 6.32. The zero-order valence-corrected chi connectivity index (χ0v) is 4.87. The van der Waals surface area contributed by atoms with Gasteiger partial charge in [-0.15, -0.1) is 0 Å². The lowest BCUT2D eigenvalue weighted by molar-refractivity contribution is -0.388. The van der Waals surface area contributed by atoms with Gasteiger partial charge in [0.15, 0.2) is 0 Å². The smallest absolute Gasteiger partial charge is 0.326 e. The summed E-state index contributed by atoms with van der Waals surface area (Å²) in [6.45, 7) is 0. The van der Waals surface area contributed by atoms with Crippen molar-refractivity contribution in [3.8, 4) is 0 Å². The highest BCUT2D eigenvalue weighted by atomic mass is 17.3. The van der Waals surface area contributed by atoms with Gasteiger partial charge in [0.05, 0.1) is 0 Å². The summed E-state index contributed by atoms with van der Waals surface area (Å²) in [6.07, 6.45) is 3.01. The largest absolute Gasteiger partial charge is 0.335 e. The Labute approximate surface area is 51.9 Å². The Morgan fingerprint density at radius 2 is 2.56 bits per heavy atom. The van der Waals surface area contributed by atoms with Crippen LogP contribution in [-0.4, -0.2) is 19.4 Å². The summed E-state index contributed by atoms with van der Waals surface area (Å²) in [6, 6.07) is 0. The summed E-state index contributed by atoms with van der Waals surface area (Å²) in [5.41, 5.74) is 0. The Kier molecular flexibility index (Phi) is 0.921. The third-order valence-electron chi connectivity index (χ3n) is 1.28. The Hall–Kier alpha value is -0.420. The van der Waals surface area contributed by atoms with E-state index in [9.17, 15) is 0 Å². The monoisotopic (exact) mass is 130 g/mol. The molecule has 2 aliphatic rings. The second-order valence-electron chi connectivity index (χ2n) is 1.83. The van der Waals surface area contributed by atoms with Crippen LogP contribution in [0, 0.1) is 0 Å². The molecule has 2 bridgehead atoms. The molecule has 0 radical (unpaired) electrons. The average Bonchev–Trinajstić information content (AvgIpc) is 2.46. The predicted octanol–water partition coefficient (Wildman–Crippen LogP) is 0.161. The Morgan fingerprint density at radius 3 is 2.78 bits per heavy atom. The van der Waals surface area contributed by atoms with Crippen molar-refractivity contribution in [2.24, 2.45) is 0 Å². The van der Waals surface area contributed by atoms with Crippen LogP contribution in [0.4, 0.5) is 0 Å². The molecule has 2 atom stereocenters. The van der Waals surface area contributed by atoms with E-state index in [4.69, 9.17) is 9.47 Å². The molecule has 0 saturated carbocycles. The molecule has 50 valence electrons. The van der Waals surface area contributed by atoms with Crippen LogP contribution < -0.4 is 0 Å². The first-order valence-electron chi connectivity index (χ1n) is 2.61. The molecule has 2 unspecified atom stereocenters. The third kappa shape index (κ3) is 0.616. The minimum Gasteiger partial charge on any atom is -0.326 e. The van der Waals surface area contributed by atoms with E-state index in [1.165, 1.54) is 7.11 Å². The average molecular weight is 130 g/mol. The van der Waals surface area contributed by atoms with Crippen molar-refractivity contribution < 1.29 is 19.2 Å². The van der Waals surface area contributed by atoms with Gasteiger partial charge in [0.2, 0.25) is 6.29 Å². The predicted molar refractivity (Wildman–Crippen MR) is 25.9 cm³/mol. The van der Waals surface area contributed by atoms with Crippen LogP contribution in [0.25, 0.3) is 0 Å². The molecule has 0 amide bonds. The van der Waals surface area contributed by atoms with Crippen LogP contribution in [-0.2, 0) is 19.2 Å². The second kappa shape index (κ2) is 1.54. The molecule has 9 heavy (non-hydrogen) atoms. The van der Waals surface area contributed by atoms with Crippen molar-refractivity contribution in [1.29, 1.82) is 0 Å². The first-order valence-corrected chi connectivity index (χ1v) is 2.61. The van der Waals surface area contributed by atoms with Crippen LogP contribution in [0.1, 0.15) is 0 Å². The minimum atomic E-state index is -1.05. The molecule has 0 aromatic carbocycles. The fraction of sp³-hybridized carbons (Fsp3) is 0.600. The van der Waals surface area contributed by atoms with Crippen LogP contribution in [0.15, 0.2) is 12.2 Å². The lowest BCUT2D eigenvalue weighted by atomic mass is 10.5. The Morgan fingerprint density at radius 1 is 1.67 bits per heavy atom. The molecule has 1 fully saturated rings.